The van der Waals surface area contributed by atoms with Crippen LogP contribution in [0.5, 0.6) is 0 Å². The number of fused-ring (bicyclic) bond motifs is 2. The van der Waals surface area contributed by atoms with Gasteiger partial charge in [-0.25, -0.2) is 10.2 Å². The zero-order valence-electron chi connectivity index (χ0n) is 17.0. The van der Waals surface area contributed by atoms with Crippen LogP contribution >= 0.6 is 0 Å². The van der Waals surface area contributed by atoms with Crippen LogP contribution in [0, 0.1) is 17.8 Å². The Kier molecular flexibility index (Phi) is 5.53. The fraction of sp³-hybridized carbons (Fsp3) is 0.429. The number of hydrazone groups is 1. The molecule has 0 radical (unpaired) electrons. The second kappa shape index (κ2) is 8.29. The third-order valence-corrected chi connectivity index (χ3v) is 6.12. The van der Waals surface area contributed by atoms with Crippen molar-refractivity contribution < 1.29 is 24.0 Å². The van der Waals surface area contributed by atoms with Crippen LogP contribution in [0.15, 0.2) is 29.4 Å². The lowest BCUT2D eigenvalue weighted by molar-refractivity contribution is -0.141. The van der Waals surface area contributed by atoms with Gasteiger partial charge in [-0.3, -0.25) is 29.4 Å². The first-order valence-electron chi connectivity index (χ1n) is 10.2. The maximum Gasteiger partial charge on any atom is 0.331 e. The zero-order chi connectivity index (χ0) is 22.1. The fourth-order valence-corrected chi connectivity index (χ4v) is 4.72. The number of barbiturate groups is 1. The SMILES string of the molecule is CC(=O)Nc1ccc(C(=O)N/N=C\[C@@H]2C(=O)NC(=O)N([C@H]3C[C@H]4CC[C@H]3C4)C2=O)cc1. The molecule has 4 rings (SSSR count). The normalized spacial score (nSPS) is 27.5. The van der Waals surface area contributed by atoms with Crippen molar-refractivity contribution in [2.24, 2.45) is 22.9 Å². The van der Waals surface area contributed by atoms with Gasteiger partial charge >= 0.3 is 6.03 Å². The molecule has 1 aromatic carbocycles. The number of carbonyl (C=O) groups is 5. The number of nitrogens with one attached hydrogen (secondary N) is 3. The zero-order valence-corrected chi connectivity index (χ0v) is 17.0. The summed E-state index contributed by atoms with van der Waals surface area (Å²) in [6.45, 7) is 1.38. The standard InChI is InChI=1S/C21H23N5O5/c1-11(27)23-15-6-4-13(5-7-15)18(28)25-22-10-16-19(29)24-21(31)26(20(16)30)17-9-12-2-3-14(17)8-12/h4-7,10,12,14,16-17H,2-3,8-9H2,1H3,(H,23,27)(H,25,28)(H,24,29,31)/b22-10-/t12-,14-,16+,17-/m0/s1. The Balaban J connectivity index is 1.40. The van der Waals surface area contributed by atoms with Crippen molar-refractivity contribution >= 4 is 41.6 Å². The van der Waals surface area contributed by atoms with Crippen molar-refractivity contribution in [3.63, 3.8) is 0 Å². The second-order valence-corrected chi connectivity index (χ2v) is 8.20. The Labute approximate surface area is 178 Å². The third-order valence-electron chi connectivity index (χ3n) is 6.12. The van der Waals surface area contributed by atoms with E-state index in [1.165, 1.54) is 24.0 Å². The molecular formula is C21H23N5O5. The number of carbonyl (C=O) groups excluding carboxylic acids is 5. The van der Waals surface area contributed by atoms with Crippen molar-refractivity contribution in [2.75, 3.05) is 5.32 Å². The number of benzene rings is 1. The molecule has 3 aliphatic rings. The molecule has 0 unspecified atom stereocenters. The van der Waals surface area contributed by atoms with E-state index in [0.29, 0.717) is 11.6 Å². The average molecular weight is 425 g/mol. The highest BCUT2D eigenvalue weighted by atomic mass is 16.2. The van der Waals surface area contributed by atoms with Gasteiger partial charge in [0.25, 0.3) is 5.91 Å². The fourth-order valence-electron chi connectivity index (χ4n) is 4.72. The van der Waals surface area contributed by atoms with E-state index in [0.717, 1.165) is 31.9 Å². The molecular weight excluding hydrogens is 402 g/mol. The number of anilines is 1. The highest BCUT2D eigenvalue weighted by molar-refractivity contribution is 6.23. The van der Waals surface area contributed by atoms with Crippen LogP contribution in [0.1, 0.15) is 43.0 Å². The Morgan fingerprint density at radius 2 is 1.87 bits per heavy atom. The number of imide groups is 2. The van der Waals surface area contributed by atoms with Crippen LogP contribution in [0.4, 0.5) is 10.5 Å². The molecule has 2 saturated carbocycles. The second-order valence-electron chi connectivity index (χ2n) is 8.20. The van der Waals surface area contributed by atoms with Crippen molar-refractivity contribution in [2.45, 2.75) is 38.6 Å². The van der Waals surface area contributed by atoms with Crippen LogP contribution < -0.4 is 16.1 Å². The van der Waals surface area contributed by atoms with Crippen molar-refractivity contribution in [3.8, 4) is 0 Å². The smallest absolute Gasteiger partial charge is 0.326 e. The molecule has 0 aromatic heterocycles. The molecule has 1 aromatic rings. The van der Waals surface area contributed by atoms with Gasteiger partial charge in [0.15, 0.2) is 5.92 Å². The Morgan fingerprint density at radius 1 is 1.13 bits per heavy atom. The minimum Gasteiger partial charge on any atom is -0.326 e. The van der Waals surface area contributed by atoms with Crippen LogP contribution in [0.2, 0.25) is 0 Å². The van der Waals surface area contributed by atoms with Gasteiger partial charge in [0, 0.05) is 30.4 Å². The quantitative estimate of drug-likeness (QED) is 0.370. The molecule has 4 atom stereocenters. The topological polar surface area (TPSA) is 137 Å². The maximum atomic E-state index is 12.9. The summed E-state index contributed by atoms with van der Waals surface area (Å²) in [7, 11) is 0. The van der Waals surface area contributed by atoms with E-state index in [9.17, 15) is 24.0 Å². The van der Waals surface area contributed by atoms with Gasteiger partial charge in [0.2, 0.25) is 17.7 Å². The molecule has 2 bridgehead atoms. The number of nitrogens with zero attached hydrogens (tertiary/aromatic N) is 2. The van der Waals surface area contributed by atoms with Gasteiger partial charge < -0.3 is 5.32 Å². The van der Waals surface area contributed by atoms with E-state index in [-0.39, 0.29) is 23.4 Å². The monoisotopic (exact) mass is 425 g/mol. The summed E-state index contributed by atoms with van der Waals surface area (Å²) in [6, 6.07) is 5.27. The highest BCUT2D eigenvalue weighted by Crippen LogP contribution is 2.47. The first-order chi connectivity index (χ1) is 14.8. The molecule has 6 amide bonds. The third kappa shape index (κ3) is 4.18. The molecule has 0 spiro atoms. The largest absolute Gasteiger partial charge is 0.331 e. The van der Waals surface area contributed by atoms with E-state index >= 15 is 0 Å². The molecule has 162 valence electrons. The van der Waals surface area contributed by atoms with Crippen LogP contribution in [-0.2, 0) is 14.4 Å². The summed E-state index contributed by atoms with van der Waals surface area (Å²) in [4.78, 5) is 61.8. The molecule has 1 heterocycles. The number of urea groups is 1. The Morgan fingerprint density at radius 3 is 2.48 bits per heavy atom. The number of hydrogen-bond acceptors (Lipinski definition) is 6. The van der Waals surface area contributed by atoms with Crippen molar-refractivity contribution in [1.82, 2.24) is 15.6 Å². The average Bonchev–Trinajstić information content (AvgIpc) is 3.34. The van der Waals surface area contributed by atoms with Gasteiger partial charge in [-0.2, -0.15) is 5.10 Å². The van der Waals surface area contributed by atoms with Gasteiger partial charge in [0.1, 0.15) is 0 Å². The van der Waals surface area contributed by atoms with Crippen molar-refractivity contribution in [1.29, 1.82) is 0 Å². The molecule has 1 saturated heterocycles. The minimum atomic E-state index is -1.28. The van der Waals surface area contributed by atoms with E-state index in [2.05, 4.69) is 21.2 Å². The molecule has 10 nitrogen and oxygen atoms in total. The van der Waals surface area contributed by atoms with Gasteiger partial charge in [0.05, 0.1) is 0 Å². The summed E-state index contributed by atoms with van der Waals surface area (Å²) in [5, 5.41) is 8.58. The lowest BCUT2D eigenvalue weighted by Crippen LogP contribution is -2.62. The maximum absolute atomic E-state index is 12.9. The summed E-state index contributed by atoms with van der Waals surface area (Å²) in [6.07, 6.45) is 4.93. The number of amides is 6. The lowest BCUT2D eigenvalue weighted by Gasteiger charge is -2.36. The predicted octanol–water partition coefficient (Wildman–Crippen LogP) is 1.24. The van der Waals surface area contributed by atoms with Crippen LogP contribution in [-0.4, -0.2) is 46.8 Å². The summed E-state index contributed by atoms with van der Waals surface area (Å²) < 4.78 is 0. The van der Waals surface area contributed by atoms with Crippen LogP contribution in [0.25, 0.3) is 0 Å². The lowest BCUT2D eigenvalue weighted by atomic mass is 9.92. The van der Waals surface area contributed by atoms with E-state index in [4.69, 9.17) is 0 Å². The van der Waals surface area contributed by atoms with Crippen LogP contribution in [0.3, 0.4) is 0 Å². The number of hydrogen-bond donors (Lipinski definition) is 3. The van der Waals surface area contributed by atoms with Gasteiger partial charge in [-0.1, -0.05) is 6.42 Å². The molecule has 2 aliphatic carbocycles. The Bertz CT molecular complexity index is 973. The summed E-state index contributed by atoms with van der Waals surface area (Å²) in [5.74, 6) is -2.61. The predicted molar refractivity (Wildman–Crippen MR) is 110 cm³/mol. The molecule has 10 heteroatoms. The molecule has 1 aliphatic heterocycles. The number of rotatable bonds is 5. The first kappa shape index (κ1) is 20.7. The van der Waals surface area contributed by atoms with Crippen molar-refractivity contribution in [3.05, 3.63) is 29.8 Å². The highest BCUT2D eigenvalue weighted by Gasteiger charge is 2.50. The minimum absolute atomic E-state index is 0.188. The van der Waals surface area contributed by atoms with E-state index in [1.54, 1.807) is 12.1 Å². The van der Waals surface area contributed by atoms with E-state index < -0.39 is 29.7 Å². The van der Waals surface area contributed by atoms with E-state index in [1.807, 2.05) is 0 Å². The molecule has 3 N–H and O–H groups in total. The molecule has 3 fully saturated rings. The first-order valence-corrected chi connectivity index (χ1v) is 10.2. The van der Waals surface area contributed by atoms with Gasteiger partial charge in [-0.05, 0) is 55.4 Å². The molecule has 31 heavy (non-hydrogen) atoms. The Hall–Kier alpha value is -3.56. The summed E-state index contributed by atoms with van der Waals surface area (Å²) in [5.41, 5.74) is 3.10. The summed E-state index contributed by atoms with van der Waals surface area (Å²) >= 11 is 0. The van der Waals surface area contributed by atoms with Gasteiger partial charge in [-0.15, -0.1) is 0 Å².